The highest BCUT2D eigenvalue weighted by Gasteiger charge is 2.15. The molecule has 0 fully saturated rings. The van der Waals surface area contributed by atoms with Crippen molar-refractivity contribution in [2.75, 3.05) is 6.61 Å². The summed E-state index contributed by atoms with van der Waals surface area (Å²) in [7, 11) is 0. The molecule has 2 heterocycles. The SMILES string of the molecule is O=C(CCc1nc(-c2cccs2)no1)NC(CO)c1ccccc1. The first-order valence-corrected chi connectivity index (χ1v) is 8.46. The maximum Gasteiger partial charge on any atom is 0.227 e. The fourth-order valence-electron chi connectivity index (χ4n) is 2.27. The number of hydrogen-bond donors (Lipinski definition) is 2. The Labute approximate surface area is 143 Å². The quantitative estimate of drug-likeness (QED) is 0.688. The van der Waals surface area contributed by atoms with Crippen LogP contribution in [-0.2, 0) is 11.2 Å². The zero-order chi connectivity index (χ0) is 16.8. The fourth-order valence-corrected chi connectivity index (χ4v) is 2.92. The molecule has 0 aliphatic carbocycles. The first kappa shape index (κ1) is 16.4. The predicted molar refractivity (Wildman–Crippen MR) is 90.3 cm³/mol. The van der Waals surface area contributed by atoms with E-state index in [4.69, 9.17) is 4.52 Å². The minimum absolute atomic E-state index is 0.154. The molecule has 0 radical (unpaired) electrons. The lowest BCUT2D eigenvalue weighted by Crippen LogP contribution is -2.30. The van der Waals surface area contributed by atoms with Gasteiger partial charge in [0.05, 0.1) is 17.5 Å². The summed E-state index contributed by atoms with van der Waals surface area (Å²) >= 11 is 1.53. The van der Waals surface area contributed by atoms with Gasteiger partial charge in [-0.2, -0.15) is 4.98 Å². The summed E-state index contributed by atoms with van der Waals surface area (Å²) in [6, 6.07) is 12.8. The Morgan fingerprint density at radius 1 is 1.25 bits per heavy atom. The van der Waals surface area contributed by atoms with E-state index in [0.717, 1.165) is 10.4 Å². The van der Waals surface area contributed by atoms with Crippen molar-refractivity contribution in [1.82, 2.24) is 15.5 Å². The van der Waals surface area contributed by atoms with Crippen LogP contribution in [0.15, 0.2) is 52.4 Å². The first-order valence-electron chi connectivity index (χ1n) is 7.58. The summed E-state index contributed by atoms with van der Waals surface area (Å²) in [6.45, 7) is -0.154. The van der Waals surface area contributed by atoms with Gasteiger partial charge in [-0.15, -0.1) is 11.3 Å². The van der Waals surface area contributed by atoms with E-state index in [2.05, 4.69) is 15.5 Å². The normalized spacial score (nSPS) is 12.0. The van der Waals surface area contributed by atoms with Crippen LogP contribution in [-0.4, -0.2) is 27.8 Å². The third-order valence-corrected chi connectivity index (χ3v) is 4.36. The number of aryl methyl sites for hydroxylation is 1. The first-order chi connectivity index (χ1) is 11.8. The standard InChI is InChI=1S/C17H17N3O3S/c21-11-13(12-5-2-1-3-6-12)18-15(22)8-9-16-19-17(20-23-16)14-7-4-10-24-14/h1-7,10,13,21H,8-9,11H2,(H,18,22). The van der Waals surface area contributed by atoms with Gasteiger partial charge in [0, 0.05) is 12.8 Å². The van der Waals surface area contributed by atoms with Crippen LogP contribution in [0.3, 0.4) is 0 Å². The minimum Gasteiger partial charge on any atom is -0.394 e. The van der Waals surface area contributed by atoms with Crippen LogP contribution in [0, 0.1) is 0 Å². The van der Waals surface area contributed by atoms with Gasteiger partial charge in [-0.25, -0.2) is 0 Å². The van der Waals surface area contributed by atoms with Crippen molar-refractivity contribution in [3.63, 3.8) is 0 Å². The van der Waals surface area contributed by atoms with E-state index in [1.807, 2.05) is 47.8 Å². The topological polar surface area (TPSA) is 88.2 Å². The molecule has 1 unspecified atom stereocenters. The van der Waals surface area contributed by atoms with E-state index in [1.165, 1.54) is 11.3 Å². The Hall–Kier alpha value is -2.51. The van der Waals surface area contributed by atoms with Crippen LogP contribution in [0.1, 0.15) is 23.9 Å². The molecule has 0 bridgehead atoms. The number of aliphatic hydroxyl groups excluding tert-OH is 1. The molecule has 2 N–H and O–H groups in total. The van der Waals surface area contributed by atoms with Crippen molar-refractivity contribution in [3.05, 3.63) is 59.3 Å². The number of thiophene rings is 1. The largest absolute Gasteiger partial charge is 0.394 e. The molecule has 24 heavy (non-hydrogen) atoms. The molecule has 2 aromatic heterocycles. The number of nitrogens with zero attached hydrogens (tertiary/aromatic N) is 2. The molecule has 0 aliphatic heterocycles. The number of aliphatic hydroxyl groups is 1. The smallest absolute Gasteiger partial charge is 0.227 e. The molecule has 1 amide bonds. The molecule has 3 aromatic rings. The second kappa shape index (κ2) is 7.85. The summed E-state index contributed by atoms with van der Waals surface area (Å²) in [4.78, 5) is 17.3. The van der Waals surface area contributed by atoms with Crippen LogP contribution in [0.4, 0.5) is 0 Å². The molecule has 7 heteroatoms. The molecular weight excluding hydrogens is 326 g/mol. The number of carbonyl (C=O) groups excluding carboxylic acids is 1. The van der Waals surface area contributed by atoms with Gasteiger partial charge in [0.1, 0.15) is 0 Å². The van der Waals surface area contributed by atoms with Crippen LogP contribution in [0.5, 0.6) is 0 Å². The van der Waals surface area contributed by atoms with E-state index >= 15 is 0 Å². The number of nitrogens with one attached hydrogen (secondary N) is 1. The van der Waals surface area contributed by atoms with E-state index in [-0.39, 0.29) is 18.9 Å². The lowest BCUT2D eigenvalue weighted by molar-refractivity contribution is -0.122. The Bertz CT molecular complexity index is 772. The molecule has 3 rings (SSSR count). The van der Waals surface area contributed by atoms with Crippen LogP contribution in [0.25, 0.3) is 10.7 Å². The maximum absolute atomic E-state index is 12.1. The van der Waals surface area contributed by atoms with Crippen molar-refractivity contribution in [1.29, 1.82) is 0 Å². The molecule has 1 aromatic carbocycles. The average Bonchev–Trinajstić information content (AvgIpc) is 3.29. The Morgan fingerprint density at radius 3 is 2.79 bits per heavy atom. The van der Waals surface area contributed by atoms with Gasteiger partial charge in [0.15, 0.2) is 0 Å². The molecule has 6 nitrogen and oxygen atoms in total. The molecule has 0 saturated carbocycles. The highest BCUT2D eigenvalue weighted by atomic mass is 32.1. The monoisotopic (exact) mass is 343 g/mol. The number of rotatable bonds is 7. The van der Waals surface area contributed by atoms with Crippen molar-refractivity contribution in [2.24, 2.45) is 0 Å². The summed E-state index contributed by atoms with van der Waals surface area (Å²) < 4.78 is 5.17. The molecule has 124 valence electrons. The van der Waals surface area contributed by atoms with Crippen molar-refractivity contribution >= 4 is 17.2 Å². The molecule has 0 aliphatic rings. The lowest BCUT2D eigenvalue weighted by Gasteiger charge is -2.16. The highest BCUT2D eigenvalue weighted by Crippen LogP contribution is 2.21. The van der Waals surface area contributed by atoms with Gasteiger partial charge in [0.2, 0.25) is 17.6 Å². The van der Waals surface area contributed by atoms with Crippen LogP contribution < -0.4 is 5.32 Å². The van der Waals surface area contributed by atoms with Crippen molar-refractivity contribution in [3.8, 4) is 10.7 Å². The van der Waals surface area contributed by atoms with E-state index < -0.39 is 6.04 Å². The molecule has 0 saturated heterocycles. The van der Waals surface area contributed by atoms with E-state index in [0.29, 0.717) is 18.1 Å². The summed E-state index contributed by atoms with van der Waals surface area (Å²) in [6.07, 6.45) is 0.576. The van der Waals surface area contributed by atoms with Gasteiger partial charge < -0.3 is 14.9 Å². The van der Waals surface area contributed by atoms with Gasteiger partial charge in [-0.3, -0.25) is 4.79 Å². The third kappa shape index (κ3) is 4.06. The minimum atomic E-state index is -0.414. The lowest BCUT2D eigenvalue weighted by atomic mass is 10.1. The number of hydrogen-bond acceptors (Lipinski definition) is 6. The van der Waals surface area contributed by atoms with Gasteiger partial charge in [-0.05, 0) is 17.0 Å². The Kier molecular flexibility index (Phi) is 5.35. The van der Waals surface area contributed by atoms with E-state index in [1.54, 1.807) is 0 Å². The van der Waals surface area contributed by atoms with Crippen LogP contribution in [0.2, 0.25) is 0 Å². The predicted octanol–water partition coefficient (Wildman–Crippen LogP) is 2.58. The average molecular weight is 343 g/mol. The van der Waals surface area contributed by atoms with E-state index in [9.17, 15) is 9.90 Å². The second-order valence-electron chi connectivity index (χ2n) is 5.20. The fraction of sp³-hybridized carbons (Fsp3) is 0.235. The number of amides is 1. The number of carbonyl (C=O) groups is 1. The summed E-state index contributed by atoms with van der Waals surface area (Å²) in [5, 5.41) is 18.1. The van der Waals surface area contributed by atoms with Gasteiger partial charge in [0.25, 0.3) is 0 Å². The number of aromatic nitrogens is 2. The zero-order valence-electron chi connectivity index (χ0n) is 12.9. The summed E-state index contributed by atoms with van der Waals surface area (Å²) in [5.41, 5.74) is 0.867. The summed E-state index contributed by atoms with van der Waals surface area (Å²) in [5.74, 6) is 0.792. The molecule has 1 atom stereocenters. The second-order valence-corrected chi connectivity index (χ2v) is 6.15. The molecule has 0 spiro atoms. The Balaban J connectivity index is 1.54. The van der Waals surface area contributed by atoms with Gasteiger partial charge >= 0.3 is 0 Å². The number of benzene rings is 1. The van der Waals surface area contributed by atoms with Crippen molar-refractivity contribution in [2.45, 2.75) is 18.9 Å². The Morgan fingerprint density at radius 2 is 2.08 bits per heavy atom. The van der Waals surface area contributed by atoms with Crippen LogP contribution >= 0.6 is 11.3 Å². The van der Waals surface area contributed by atoms with Gasteiger partial charge in [-0.1, -0.05) is 41.6 Å². The molecular formula is C17H17N3O3S. The third-order valence-electron chi connectivity index (χ3n) is 3.50. The van der Waals surface area contributed by atoms with Crippen molar-refractivity contribution < 1.29 is 14.4 Å². The maximum atomic E-state index is 12.1. The zero-order valence-corrected chi connectivity index (χ0v) is 13.7. The highest BCUT2D eigenvalue weighted by molar-refractivity contribution is 7.13.